The fraction of sp³-hybridized carbons (Fsp3) is 0.250. The molecule has 0 amide bonds. The molecule has 120 valence electrons. The Morgan fingerprint density at radius 1 is 1.18 bits per heavy atom. The number of fused-ring (bicyclic) bond motifs is 1. The summed E-state index contributed by atoms with van der Waals surface area (Å²) in [5, 5.41) is 8.49. The first-order chi connectivity index (χ1) is 9.92. The molecule has 0 bridgehead atoms. The molecule has 0 radical (unpaired) electrons. The summed E-state index contributed by atoms with van der Waals surface area (Å²) in [6.07, 6.45) is -10.0. The molecule has 0 unspecified atom stereocenters. The van der Waals surface area contributed by atoms with Gasteiger partial charge in [0.15, 0.2) is 0 Å². The van der Waals surface area contributed by atoms with Crippen molar-refractivity contribution >= 4 is 16.9 Å². The van der Waals surface area contributed by atoms with E-state index >= 15 is 0 Å². The number of carboxylic acids is 1. The van der Waals surface area contributed by atoms with Crippen molar-refractivity contribution in [3.63, 3.8) is 0 Å². The van der Waals surface area contributed by atoms with Gasteiger partial charge in [-0.3, -0.25) is 0 Å². The van der Waals surface area contributed by atoms with Gasteiger partial charge in [-0.2, -0.15) is 13.2 Å². The highest BCUT2D eigenvalue weighted by molar-refractivity contribution is 6.05. The van der Waals surface area contributed by atoms with Crippen LogP contribution >= 0.6 is 0 Å². The molecule has 10 heteroatoms. The normalized spacial score (nSPS) is 12.7. The van der Waals surface area contributed by atoms with Gasteiger partial charge in [-0.25, -0.2) is 4.79 Å². The van der Waals surface area contributed by atoms with Crippen LogP contribution in [0, 0.1) is 0 Å². The highest BCUT2D eigenvalue weighted by Crippen LogP contribution is 2.39. The summed E-state index contributed by atoms with van der Waals surface area (Å²) in [6.45, 7) is 0. The average Bonchev–Trinajstić information content (AvgIpc) is 2.59. The molecule has 2 aromatic rings. The lowest BCUT2D eigenvalue weighted by Gasteiger charge is -2.09. The molecule has 0 aliphatic heterocycles. The molecule has 1 aromatic heterocycles. The van der Waals surface area contributed by atoms with Crippen molar-refractivity contribution in [2.24, 2.45) is 7.05 Å². The summed E-state index contributed by atoms with van der Waals surface area (Å²) in [5.74, 6) is -2.70. The number of aromatic nitrogens is 1. The van der Waals surface area contributed by atoms with Crippen LogP contribution in [0.4, 0.5) is 26.3 Å². The van der Waals surface area contributed by atoms with Crippen molar-refractivity contribution in [2.75, 3.05) is 0 Å². The van der Waals surface area contributed by atoms with Gasteiger partial charge in [0.1, 0.15) is 11.4 Å². The molecular formula is C12H7F6NO3. The van der Waals surface area contributed by atoms with E-state index in [-0.39, 0.29) is 5.52 Å². The lowest BCUT2D eigenvalue weighted by atomic mass is 10.1. The Kier molecular flexibility index (Phi) is 3.50. The number of ether oxygens (including phenoxy) is 1. The summed E-state index contributed by atoms with van der Waals surface area (Å²) in [5.41, 5.74) is -2.77. The van der Waals surface area contributed by atoms with E-state index in [9.17, 15) is 31.1 Å². The van der Waals surface area contributed by atoms with Gasteiger partial charge in [0.25, 0.3) is 0 Å². The molecule has 4 nitrogen and oxygen atoms in total. The maximum Gasteiger partial charge on any atom is 0.573 e. The minimum absolute atomic E-state index is 0.181. The highest BCUT2D eigenvalue weighted by Gasteiger charge is 2.41. The third kappa shape index (κ3) is 2.81. The zero-order chi connectivity index (χ0) is 16.9. The Hall–Kier alpha value is -2.39. The number of alkyl halides is 6. The van der Waals surface area contributed by atoms with Crippen molar-refractivity contribution in [1.82, 2.24) is 4.57 Å². The zero-order valence-electron chi connectivity index (χ0n) is 10.7. The number of halogens is 6. The minimum Gasteiger partial charge on any atom is -0.478 e. The Balaban J connectivity index is 2.77. The van der Waals surface area contributed by atoms with Gasteiger partial charge in [-0.15, -0.1) is 13.2 Å². The SMILES string of the molecule is Cn1c(C(F)(F)F)c(C(=O)O)c2cc(OC(F)(F)F)ccc21. The summed E-state index contributed by atoms with van der Waals surface area (Å²) in [4.78, 5) is 11.1. The van der Waals surface area contributed by atoms with Crippen LogP contribution in [0.15, 0.2) is 18.2 Å². The summed E-state index contributed by atoms with van der Waals surface area (Å²) in [7, 11) is 0.974. The Morgan fingerprint density at radius 2 is 1.77 bits per heavy atom. The van der Waals surface area contributed by atoms with Crippen molar-refractivity contribution in [3.8, 4) is 5.75 Å². The van der Waals surface area contributed by atoms with E-state index in [4.69, 9.17) is 5.11 Å². The average molecular weight is 327 g/mol. The third-order valence-corrected chi connectivity index (χ3v) is 2.89. The second-order valence-corrected chi connectivity index (χ2v) is 4.31. The van der Waals surface area contributed by atoms with Crippen molar-refractivity contribution in [1.29, 1.82) is 0 Å². The van der Waals surface area contributed by atoms with Crippen LogP contribution in [0.1, 0.15) is 16.1 Å². The van der Waals surface area contributed by atoms with Crippen molar-refractivity contribution < 1.29 is 41.0 Å². The van der Waals surface area contributed by atoms with Crippen LogP contribution in [0.25, 0.3) is 10.9 Å². The molecule has 0 saturated heterocycles. The molecule has 0 saturated carbocycles. The molecule has 0 aliphatic rings. The van der Waals surface area contributed by atoms with Crippen LogP contribution in [0.5, 0.6) is 5.75 Å². The first-order valence-electron chi connectivity index (χ1n) is 5.60. The molecule has 1 heterocycles. The number of hydrogen-bond donors (Lipinski definition) is 1. The van der Waals surface area contributed by atoms with Gasteiger partial charge < -0.3 is 14.4 Å². The van der Waals surface area contributed by atoms with E-state index in [1.165, 1.54) is 0 Å². The third-order valence-electron chi connectivity index (χ3n) is 2.89. The number of carboxylic acid groups (broad SMARTS) is 1. The molecule has 0 aliphatic carbocycles. The number of hydrogen-bond acceptors (Lipinski definition) is 2. The van der Waals surface area contributed by atoms with Crippen molar-refractivity contribution in [3.05, 3.63) is 29.5 Å². The van der Waals surface area contributed by atoms with Gasteiger partial charge in [-0.05, 0) is 18.2 Å². The lowest BCUT2D eigenvalue weighted by molar-refractivity contribution is -0.274. The number of rotatable bonds is 2. The number of benzene rings is 1. The first kappa shape index (κ1) is 16.0. The number of nitrogens with zero attached hydrogens (tertiary/aromatic N) is 1. The second-order valence-electron chi connectivity index (χ2n) is 4.31. The van der Waals surface area contributed by atoms with Crippen LogP contribution in [0.3, 0.4) is 0 Å². The molecule has 2 rings (SSSR count). The molecule has 0 spiro atoms. The molecule has 1 N–H and O–H groups in total. The number of aromatic carboxylic acids is 1. The van der Waals surface area contributed by atoms with E-state index < -0.39 is 40.9 Å². The quantitative estimate of drug-likeness (QED) is 0.854. The Labute approximate surface area is 118 Å². The Bertz CT molecular complexity index is 744. The summed E-state index contributed by atoms with van der Waals surface area (Å²) in [6, 6.07) is 2.35. The molecule has 1 aromatic carbocycles. The zero-order valence-corrected chi connectivity index (χ0v) is 10.7. The van der Waals surface area contributed by atoms with Gasteiger partial charge in [0.2, 0.25) is 0 Å². The van der Waals surface area contributed by atoms with E-state index in [1.54, 1.807) is 0 Å². The Morgan fingerprint density at radius 3 is 2.23 bits per heavy atom. The first-order valence-corrected chi connectivity index (χ1v) is 5.60. The predicted octanol–water partition coefficient (Wildman–Crippen LogP) is 3.79. The fourth-order valence-corrected chi connectivity index (χ4v) is 2.17. The fourth-order valence-electron chi connectivity index (χ4n) is 2.17. The van der Waals surface area contributed by atoms with Gasteiger partial charge in [0, 0.05) is 18.0 Å². The van der Waals surface area contributed by atoms with Gasteiger partial charge >= 0.3 is 18.5 Å². The van der Waals surface area contributed by atoms with Crippen LogP contribution in [-0.4, -0.2) is 22.0 Å². The topological polar surface area (TPSA) is 51.5 Å². The van der Waals surface area contributed by atoms with Crippen molar-refractivity contribution in [2.45, 2.75) is 12.5 Å². The van der Waals surface area contributed by atoms with Crippen LogP contribution in [-0.2, 0) is 13.2 Å². The predicted molar refractivity (Wildman–Crippen MR) is 61.6 cm³/mol. The largest absolute Gasteiger partial charge is 0.573 e. The maximum absolute atomic E-state index is 13.0. The molecular weight excluding hydrogens is 320 g/mol. The smallest absolute Gasteiger partial charge is 0.478 e. The van der Waals surface area contributed by atoms with Crippen LogP contribution in [0.2, 0.25) is 0 Å². The standard InChI is InChI=1S/C12H7F6NO3/c1-19-7-3-2-5(22-12(16,17)18)4-6(7)8(10(20)21)9(19)11(13,14)15/h2-4H,1H3,(H,20,21). The van der Waals surface area contributed by atoms with Crippen LogP contribution < -0.4 is 4.74 Å². The number of aryl methyl sites for hydroxylation is 1. The van der Waals surface area contributed by atoms with Gasteiger partial charge in [0.05, 0.1) is 5.56 Å². The lowest BCUT2D eigenvalue weighted by Crippen LogP contribution is -2.17. The molecule has 0 fully saturated rings. The number of carbonyl (C=O) groups is 1. The maximum atomic E-state index is 13.0. The van der Waals surface area contributed by atoms with E-state index in [0.717, 1.165) is 19.2 Å². The van der Waals surface area contributed by atoms with E-state index in [1.807, 2.05) is 0 Å². The summed E-state index contributed by atoms with van der Waals surface area (Å²) < 4.78 is 79.6. The van der Waals surface area contributed by atoms with Gasteiger partial charge in [-0.1, -0.05) is 0 Å². The highest BCUT2D eigenvalue weighted by atomic mass is 19.4. The molecule has 0 atom stereocenters. The monoisotopic (exact) mass is 327 g/mol. The summed E-state index contributed by atoms with van der Waals surface area (Å²) >= 11 is 0. The minimum atomic E-state index is -5.04. The van der Waals surface area contributed by atoms with E-state index in [2.05, 4.69) is 4.74 Å². The second kappa shape index (κ2) is 4.82. The molecule has 22 heavy (non-hydrogen) atoms. The van der Waals surface area contributed by atoms with E-state index in [0.29, 0.717) is 10.6 Å².